The number of fused-ring (bicyclic) bond motifs is 2. The highest BCUT2D eigenvalue weighted by atomic mass is 35.5. The van der Waals surface area contributed by atoms with Crippen LogP contribution < -0.4 is 16.0 Å². The van der Waals surface area contributed by atoms with Gasteiger partial charge in [0.15, 0.2) is 0 Å². The first-order valence-corrected chi connectivity index (χ1v) is 8.75. The Morgan fingerprint density at radius 2 is 1.81 bits per heavy atom. The summed E-state index contributed by atoms with van der Waals surface area (Å²) in [5, 5.41) is 8.45. The van der Waals surface area contributed by atoms with Gasteiger partial charge in [0.1, 0.15) is 5.54 Å². The lowest BCUT2D eigenvalue weighted by atomic mass is 9.91. The lowest BCUT2D eigenvalue weighted by molar-refractivity contribution is -0.123. The molecule has 3 atom stereocenters. The molecule has 3 N–H and O–H groups in total. The molecule has 0 spiro atoms. The van der Waals surface area contributed by atoms with Gasteiger partial charge in [-0.3, -0.25) is 14.9 Å². The number of carbonyl (C=O) groups is 3. The third kappa shape index (κ3) is 3.17. The molecule has 3 aliphatic heterocycles. The average molecular weight is 379 g/mol. The number of nitrogens with one attached hydrogen (secondary N) is 3. The van der Waals surface area contributed by atoms with Crippen LogP contribution in [0, 0.1) is 0 Å². The second kappa shape index (κ2) is 6.89. The lowest BCUT2D eigenvalue weighted by Crippen LogP contribution is -2.41. The first-order chi connectivity index (χ1) is 12.0. The number of hydrogen-bond acceptors (Lipinski definition) is 4. The molecule has 0 aromatic heterocycles. The molecule has 7 nitrogen and oxygen atoms in total. The van der Waals surface area contributed by atoms with Crippen LogP contribution in [-0.2, 0) is 10.3 Å². The van der Waals surface area contributed by atoms with Gasteiger partial charge >= 0.3 is 6.03 Å². The zero-order valence-electron chi connectivity index (χ0n) is 14.6. The second-order valence-electron chi connectivity index (χ2n) is 7.29. The van der Waals surface area contributed by atoms with E-state index in [4.69, 9.17) is 0 Å². The second-order valence-corrected chi connectivity index (χ2v) is 7.29. The fourth-order valence-corrected chi connectivity index (χ4v) is 4.00. The number of halogens is 1. The highest BCUT2D eigenvalue weighted by Gasteiger charge is 2.43. The SMILES string of the molecule is CC1(c2ccc(C(=O)N3CCC4CCC(C3)N4)cc2)NC(=O)NC1=O.Cl. The summed E-state index contributed by atoms with van der Waals surface area (Å²) >= 11 is 0. The number of nitrogens with zero attached hydrogens (tertiary/aromatic N) is 1. The van der Waals surface area contributed by atoms with Crippen molar-refractivity contribution in [2.45, 2.75) is 43.8 Å². The van der Waals surface area contributed by atoms with Crippen molar-refractivity contribution < 1.29 is 14.4 Å². The quantitative estimate of drug-likeness (QED) is 0.673. The molecular weight excluding hydrogens is 356 g/mol. The number of imide groups is 1. The van der Waals surface area contributed by atoms with Crippen molar-refractivity contribution in [2.75, 3.05) is 13.1 Å². The summed E-state index contributed by atoms with van der Waals surface area (Å²) in [7, 11) is 0. The minimum atomic E-state index is -1.09. The molecule has 3 aliphatic rings. The average Bonchev–Trinajstić information content (AvgIpc) is 3.05. The van der Waals surface area contributed by atoms with Crippen LogP contribution in [0.25, 0.3) is 0 Å². The Morgan fingerprint density at radius 1 is 1.12 bits per heavy atom. The van der Waals surface area contributed by atoms with E-state index >= 15 is 0 Å². The Bertz CT molecular complexity index is 738. The fraction of sp³-hybridized carbons (Fsp3) is 0.500. The minimum absolute atomic E-state index is 0. The molecule has 8 heteroatoms. The van der Waals surface area contributed by atoms with Crippen LogP contribution in [0.15, 0.2) is 24.3 Å². The maximum atomic E-state index is 12.8. The van der Waals surface area contributed by atoms with Gasteiger partial charge in [-0.2, -0.15) is 0 Å². The highest BCUT2D eigenvalue weighted by Crippen LogP contribution is 2.26. The molecule has 4 amide bonds. The van der Waals surface area contributed by atoms with Crippen LogP contribution in [0.4, 0.5) is 4.79 Å². The molecule has 140 valence electrons. The molecule has 3 fully saturated rings. The van der Waals surface area contributed by atoms with Gasteiger partial charge in [0.25, 0.3) is 11.8 Å². The first kappa shape index (κ1) is 18.7. The molecule has 3 unspecified atom stereocenters. The molecule has 0 aliphatic carbocycles. The number of carbonyl (C=O) groups excluding carboxylic acids is 3. The van der Waals surface area contributed by atoms with Crippen molar-refractivity contribution in [3.8, 4) is 0 Å². The zero-order chi connectivity index (χ0) is 17.6. The Labute approximate surface area is 158 Å². The topological polar surface area (TPSA) is 90.5 Å². The lowest BCUT2D eigenvalue weighted by Gasteiger charge is -2.25. The molecular formula is C18H23ClN4O3. The van der Waals surface area contributed by atoms with Gasteiger partial charge in [0, 0.05) is 30.7 Å². The summed E-state index contributed by atoms with van der Waals surface area (Å²) in [5.74, 6) is -0.364. The van der Waals surface area contributed by atoms with Gasteiger partial charge in [-0.25, -0.2) is 4.79 Å². The summed E-state index contributed by atoms with van der Waals surface area (Å²) in [6.07, 6.45) is 3.32. The van der Waals surface area contributed by atoms with Crippen molar-refractivity contribution >= 4 is 30.3 Å². The summed E-state index contributed by atoms with van der Waals surface area (Å²) in [4.78, 5) is 38.1. The number of likely N-dealkylation sites (tertiary alicyclic amines) is 1. The molecule has 0 radical (unpaired) electrons. The smallest absolute Gasteiger partial charge is 0.322 e. The maximum absolute atomic E-state index is 12.8. The predicted octanol–water partition coefficient (Wildman–Crippen LogP) is 1.13. The summed E-state index contributed by atoms with van der Waals surface area (Å²) < 4.78 is 0. The van der Waals surface area contributed by atoms with Crippen molar-refractivity contribution in [2.24, 2.45) is 0 Å². The van der Waals surface area contributed by atoms with Crippen LogP contribution in [0.5, 0.6) is 0 Å². The molecule has 4 rings (SSSR count). The van der Waals surface area contributed by atoms with Gasteiger partial charge in [0.05, 0.1) is 0 Å². The van der Waals surface area contributed by atoms with E-state index in [1.807, 2.05) is 4.90 Å². The van der Waals surface area contributed by atoms with E-state index in [0.717, 1.165) is 25.9 Å². The summed E-state index contributed by atoms with van der Waals surface area (Å²) in [6.45, 7) is 3.17. The molecule has 1 aromatic carbocycles. The number of amides is 4. The third-order valence-electron chi connectivity index (χ3n) is 5.56. The van der Waals surface area contributed by atoms with E-state index in [-0.39, 0.29) is 24.2 Å². The van der Waals surface area contributed by atoms with Gasteiger partial charge < -0.3 is 15.5 Å². The van der Waals surface area contributed by atoms with Crippen LogP contribution in [-0.4, -0.2) is 47.9 Å². The van der Waals surface area contributed by atoms with E-state index in [9.17, 15) is 14.4 Å². The Kier molecular flexibility index (Phi) is 4.94. The van der Waals surface area contributed by atoms with Crippen molar-refractivity contribution in [1.29, 1.82) is 0 Å². The molecule has 1 aromatic rings. The Morgan fingerprint density at radius 3 is 2.46 bits per heavy atom. The van der Waals surface area contributed by atoms with Gasteiger partial charge in [-0.1, -0.05) is 12.1 Å². The molecule has 26 heavy (non-hydrogen) atoms. The van der Waals surface area contributed by atoms with E-state index in [1.54, 1.807) is 31.2 Å². The van der Waals surface area contributed by atoms with Crippen LogP contribution >= 0.6 is 12.4 Å². The maximum Gasteiger partial charge on any atom is 0.322 e. The van der Waals surface area contributed by atoms with E-state index in [2.05, 4.69) is 16.0 Å². The normalized spacial score (nSPS) is 30.3. The Hall–Kier alpha value is -2.12. The van der Waals surface area contributed by atoms with Gasteiger partial charge in [-0.15, -0.1) is 12.4 Å². The highest BCUT2D eigenvalue weighted by molar-refractivity contribution is 6.07. The monoisotopic (exact) mass is 378 g/mol. The Balaban J connectivity index is 0.00000196. The van der Waals surface area contributed by atoms with E-state index in [0.29, 0.717) is 23.2 Å². The molecule has 0 saturated carbocycles. The minimum Gasteiger partial charge on any atom is -0.337 e. The van der Waals surface area contributed by atoms with Crippen molar-refractivity contribution in [3.63, 3.8) is 0 Å². The van der Waals surface area contributed by atoms with Gasteiger partial charge in [-0.05, 0) is 43.9 Å². The number of hydrogen-bond donors (Lipinski definition) is 3. The van der Waals surface area contributed by atoms with Crippen molar-refractivity contribution in [3.05, 3.63) is 35.4 Å². The molecule has 3 saturated heterocycles. The van der Waals surface area contributed by atoms with Gasteiger partial charge in [0.2, 0.25) is 0 Å². The number of benzene rings is 1. The largest absolute Gasteiger partial charge is 0.337 e. The first-order valence-electron chi connectivity index (χ1n) is 8.75. The molecule has 3 heterocycles. The van der Waals surface area contributed by atoms with E-state index in [1.165, 1.54) is 6.42 Å². The summed E-state index contributed by atoms with van der Waals surface area (Å²) in [6, 6.07) is 7.37. The predicted molar refractivity (Wildman–Crippen MR) is 98.2 cm³/mol. The van der Waals surface area contributed by atoms with Crippen molar-refractivity contribution in [1.82, 2.24) is 20.9 Å². The third-order valence-corrected chi connectivity index (χ3v) is 5.56. The zero-order valence-corrected chi connectivity index (χ0v) is 15.4. The summed E-state index contributed by atoms with van der Waals surface area (Å²) in [5.41, 5.74) is 0.170. The number of urea groups is 1. The van der Waals surface area contributed by atoms with Crippen LogP contribution in [0.2, 0.25) is 0 Å². The fourth-order valence-electron chi connectivity index (χ4n) is 4.00. The molecule has 2 bridgehead atoms. The standard InChI is InChI=1S/C18H22N4O3.ClH/c1-18(16(24)20-17(25)21-18)12-4-2-11(3-5-12)15(23)22-9-8-13-6-7-14(10-22)19-13;/h2-5,13-14,19H,6-10H2,1H3,(H2,20,21,24,25);1H. The number of rotatable bonds is 2. The van der Waals surface area contributed by atoms with Crippen LogP contribution in [0.1, 0.15) is 42.1 Å². The van der Waals surface area contributed by atoms with E-state index < -0.39 is 11.6 Å². The van der Waals surface area contributed by atoms with Crippen LogP contribution in [0.3, 0.4) is 0 Å².